The van der Waals surface area contributed by atoms with Gasteiger partial charge in [-0.05, 0) is 62.8 Å². The van der Waals surface area contributed by atoms with Gasteiger partial charge in [0.1, 0.15) is 11.4 Å². The van der Waals surface area contributed by atoms with E-state index in [2.05, 4.69) is 9.83 Å². The summed E-state index contributed by atoms with van der Waals surface area (Å²) in [5.41, 5.74) is -2.72. The molecule has 1 unspecified atom stereocenters. The molecule has 2 aromatic heterocycles. The molecule has 3 aliphatic rings. The molecule has 4 atom stereocenters. The minimum Gasteiger partial charge on any atom is -0.481 e. The van der Waals surface area contributed by atoms with Crippen LogP contribution >= 0.6 is 11.3 Å². The van der Waals surface area contributed by atoms with Crippen LogP contribution in [0.25, 0.3) is 4.85 Å². The SMILES string of the molecule is [C-]#[N+]C1(c2ccccc2CO[C@H]2CCC(C(=O)O)C2)CCN(C(=O)[C@]2(Oc3csc(C)c3)CCCN(C(=O)c3ncccc3C(F)(F)F)[C@@H]2CCC)CC1. The number of hydrogen-bond donors (Lipinski definition) is 1. The fourth-order valence-electron chi connectivity index (χ4n) is 8.44. The molecule has 1 aromatic carbocycles. The third-order valence-corrected chi connectivity index (χ3v) is 12.0. The molecule has 1 aliphatic carbocycles. The zero-order valence-corrected chi connectivity index (χ0v) is 31.3. The van der Waals surface area contributed by atoms with Crippen LogP contribution in [0.3, 0.4) is 0 Å². The number of rotatable bonds is 11. The van der Waals surface area contributed by atoms with Gasteiger partial charge in [-0.2, -0.15) is 13.2 Å². The standard InChI is InChI=1S/C40H45F3N4O6S/c1-4-9-33-39(53-30-22-26(2)54-25-30,15-8-19-47(33)35(48)34-32(40(41,42)43)12-7-18-45-34)37(51)46-20-16-38(44-3,17-21-46)31-11-6-5-10-28(31)24-52-29-14-13-27(23-29)36(49)50/h5-7,10-12,18,22,25,27,29,33H,4,8-9,13-17,19-21,23-24H2,1-2H3,(H,49,50)/t27?,29-,33+,39-/m0/s1. The quantitative estimate of drug-likeness (QED) is 0.198. The first-order valence-corrected chi connectivity index (χ1v) is 19.4. The number of carbonyl (C=O) groups is 3. The lowest BCUT2D eigenvalue weighted by atomic mass is 9.77. The average molecular weight is 767 g/mol. The van der Waals surface area contributed by atoms with Crippen molar-refractivity contribution in [2.75, 3.05) is 19.6 Å². The van der Waals surface area contributed by atoms with Gasteiger partial charge in [-0.1, -0.05) is 37.6 Å². The van der Waals surface area contributed by atoms with Crippen LogP contribution in [0.1, 0.15) is 96.8 Å². The Bertz CT molecular complexity index is 1890. The van der Waals surface area contributed by atoms with E-state index in [9.17, 15) is 27.9 Å². The number of carbonyl (C=O) groups excluding carboxylic acids is 2. The van der Waals surface area contributed by atoms with Crippen molar-refractivity contribution >= 4 is 29.1 Å². The van der Waals surface area contributed by atoms with E-state index >= 15 is 4.79 Å². The van der Waals surface area contributed by atoms with Gasteiger partial charge in [-0.3, -0.25) is 19.4 Å². The maximum absolute atomic E-state index is 15.1. The van der Waals surface area contributed by atoms with Crippen LogP contribution in [-0.2, 0) is 32.6 Å². The Morgan fingerprint density at radius 2 is 1.85 bits per heavy atom. The van der Waals surface area contributed by atoms with Gasteiger partial charge in [0.15, 0.2) is 0 Å². The number of thiophene rings is 1. The normalized spacial score (nSPS) is 24.2. The monoisotopic (exact) mass is 766 g/mol. The summed E-state index contributed by atoms with van der Waals surface area (Å²) in [6.07, 6.45) is -0.110. The van der Waals surface area contributed by atoms with Crippen molar-refractivity contribution in [2.24, 2.45) is 5.92 Å². The van der Waals surface area contributed by atoms with E-state index in [0.717, 1.165) is 34.3 Å². The first-order chi connectivity index (χ1) is 25.8. The van der Waals surface area contributed by atoms with Gasteiger partial charge in [0.25, 0.3) is 17.4 Å². The molecular formula is C40H45F3N4O6S. The number of aryl methyl sites for hydroxylation is 1. The molecule has 4 heterocycles. The van der Waals surface area contributed by atoms with Crippen molar-refractivity contribution in [1.29, 1.82) is 0 Å². The van der Waals surface area contributed by atoms with Gasteiger partial charge in [0.05, 0.1) is 30.2 Å². The molecular weight excluding hydrogens is 722 g/mol. The fourth-order valence-corrected chi connectivity index (χ4v) is 9.04. The smallest absolute Gasteiger partial charge is 0.418 e. The Hall–Kier alpha value is -4.48. The van der Waals surface area contributed by atoms with E-state index in [1.807, 2.05) is 44.2 Å². The molecule has 0 radical (unpaired) electrons. The van der Waals surface area contributed by atoms with E-state index in [0.29, 0.717) is 57.1 Å². The highest BCUT2D eigenvalue weighted by Gasteiger charge is 2.57. The lowest BCUT2D eigenvalue weighted by molar-refractivity contribution is -0.160. The Kier molecular flexibility index (Phi) is 11.7. The molecule has 2 saturated heterocycles. The Morgan fingerprint density at radius 1 is 1.09 bits per heavy atom. The van der Waals surface area contributed by atoms with Gasteiger partial charge in [0.2, 0.25) is 5.60 Å². The minimum absolute atomic E-state index is 0.135. The van der Waals surface area contributed by atoms with Crippen LogP contribution in [0, 0.1) is 19.4 Å². The predicted octanol–water partition coefficient (Wildman–Crippen LogP) is 7.90. The highest BCUT2D eigenvalue weighted by molar-refractivity contribution is 7.10. The van der Waals surface area contributed by atoms with Crippen LogP contribution in [-0.4, -0.2) is 75.1 Å². The molecule has 3 aromatic rings. The van der Waals surface area contributed by atoms with Crippen LogP contribution in [0.2, 0.25) is 0 Å². The number of aliphatic carboxylic acids is 1. The largest absolute Gasteiger partial charge is 0.481 e. The maximum Gasteiger partial charge on any atom is 0.418 e. The van der Waals surface area contributed by atoms with Crippen molar-refractivity contribution < 1.29 is 42.1 Å². The highest BCUT2D eigenvalue weighted by atomic mass is 32.1. The average Bonchev–Trinajstić information content (AvgIpc) is 3.83. The van der Waals surface area contributed by atoms with E-state index in [1.54, 1.807) is 10.3 Å². The van der Waals surface area contributed by atoms with Crippen LogP contribution in [0.5, 0.6) is 5.75 Å². The molecule has 0 bridgehead atoms. The van der Waals surface area contributed by atoms with Crippen molar-refractivity contribution in [3.8, 4) is 5.75 Å². The lowest BCUT2D eigenvalue weighted by Crippen LogP contribution is -2.68. The number of benzene rings is 1. The first kappa shape index (κ1) is 39.2. The Morgan fingerprint density at radius 3 is 2.50 bits per heavy atom. The van der Waals surface area contributed by atoms with E-state index in [-0.39, 0.29) is 44.7 Å². The number of carboxylic acid groups (broad SMARTS) is 1. The van der Waals surface area contributed by atoms with Gasteiger partial charge in [-0.15, -0.1) is 11.3 Å². The van der Waals surface area contributed by atoms with Crippen LogP contribution in [0.15, 0.2) is 54.0 Å². The topological polar surface area (TPSA) is 114 Å². The number of aromatic nitrogens is 1. The van der Waals surface area contributed by atoms with Crippen LogP contribution in [0.4, 0.5) is 13.2 Å². The third-order valence-electron chi connectivity index (χ3n) is 11.2. The molecule has 6 rings (SSSR count). The minimum atomic E-state index is -4.80. The van der Waals surface area contributed by atoms with Crippen molar-refractivity contribution in [3.05, 3.63) is 92.7 Å². The molecule has 1 N–H and O–H groups in total. The molecule has 0 spiro atoms. The predicted molar refractivity (Wildman–Crippen MR) is 195 cm³/mol. The van der Waals surface area contributed by atoms with Gasteiger partial charge >= 0.3 is 12.1 Å². The van der Waals surface area contributed by atoms with E-state index in [1.165, 1.54) is 16.2 Å². The second-order valence-electron chi connectivity index (χ2n) is 14.6. The molecule has 3 fully saturated rings. The summed E-state index contributed by atoms with van der Waals surface area (Å²) >= 11 is 1.44. The van der Waals surface area contributed by atoms with Crippen molar-refractivity contribution in [1.82, 2.24) is 14.8 Å². The maximum atomic E-state index is 15.1. The Labute approximate surface area is 317 Å². The number of piperidine rings is 2. The summed E-state index contributed by atoms with van der Waals surface area (Å²) < 4.78 is 55.1. The summed E-state index contributed by atoms with van der Waals surface area (Å²) in [4.78, 5) is 52.7. The third kappa shape index (κ3) is 7.84. The number of alkyl halides is 3. The van der Waals surface area contributed by atoms with Gasteiger partial charge in [0, 0.05) is 60.9 Å². The van der Waals surface area contributed by atoms with Gasteiger partial charge < -0.3 is 29.2 Å². The number of carboxylic acids is 1. The number of likely N-dealkylation sites (tertiary alicyclic amines) is 2. The number of hydrogen-bond acceptors (Lipinski definition) is 7. The summed E-state index contributed by atoms with van der Waals surface area (Å²) in [5, 5.41) is 11.2. The number of ether oxygens (including phenoxy) is 2. The fraction of sp³-hybridized carbons (Fsp3) is 0.525. The molecule has 2 aliphatic heterocycles. The number of nitrogens with zero attached hydrogens (tertiary/aromatic N) is 4. The van der Waals surface area contributed by atoms with E-state index < -0.39 is 52.4 Å². The van der Waals surface area contributed by atoms with E-state index in [4.69, 9.17) is 16.0 Å². The zero-order valence-electron chi connectivity index (χ0n) is 30.4. The van der Waals surface area contributed by atoms with Crippen molar-refractivity contribution in [2.45, 2.75) is 108 Å². The first-order valence-electron chi connectivity index (χ1n) is 18.5. The second kappa shape index (κ2) is 16.1. The Balaban J connectivity index is 1.28. The van der Waals surface area contributed by atoms with Crippen molar-refractivity contribution in [3.63, 3.8) is 0 Å². The molecule has 2 amide bonds. The van der Waals surface area contributed by atoms with Crippen LogP contribution < -0.4 is 4.74 Å². The summed E-state index contributed by atoms with van der Waals surface area (Å²) in [5.74, 6) is -2.04. The highest BCUT2D eigenvalue weighted by Crippen LogP contribution is 2.44. The lowest BCUT2D eigenvalue weighted by Gasteiger charge is -2.50. The number of amides is 2. The molecule has 54 heavy (non-hydrogen) atoms. The second-order valence-corrected chi connectivity index (χ2v) is 15.7. The molecule has 288 valence electrons. The molecule has 10 nitrogen and oxygen atoms in total. The summed E-state index contributed by atoms with van der Waals surface area (Å²) in [7, 11) is 0. The van der Waals surface area contributed by atoms with Gasteiger partial charge in [-0.25, -0.2) is 6.57 Å². The molecule has 14 heteroatoms. The number of halogens is 3. The zero-order chi connectivity index (χ0) is 38.7. The number of pyridine rings is 1. The summed E-state index contributed by atoms with van der Waals surface area (Å²) in [6.45, 7) is 13.0. The summed E-state index contributed by atoms with van der Waals surface area (Å²) in [6, 6.07) is 10.5. The molecule has 1 saturated carbocycles.